The first-order chi connectivity index (χ1) is 15.2. The number of benzene rings is 1. The number of rotatable bonds is 4. The number of morpholine rings is 1. The lowest BCUT2D eigenvalue weighted by Gasteiger charge is -2.49. The zero-order chi connectivity index (χ0) is 22.8. The van der Waals surface area contributed by atoms with Crippen LogP contribution in [0, 0.1) is 0 Å². The first-order valence-electron chi connectivity index (χ1n) is 11.3. The van der Waals surface area contributed by atoms with Crippen molar-refractivity contribution in [1.29, 1.82) is 0 Å². The van der Waals surface area contributed by atoms with Gasteiger partial charge in [0.2, 0.25) is 0 Å². The lowest BCUT2D eigenvalue weighted by Crippen LogP contribution is -2.60. The molecule has 0 bridgehead atoms. The Morgan fingerprint density at radius 2 is 1.94 bits per heavy atom. The number of aliphatic imine (C=N–C) groups is 1. The van der Waals surface area contributed by atoms with E-state index in [4.69, 9.17) is 4.74 Å². The third-order valence-electron chi connectivity index (χ3n) is 6.62. The Bertz CT molecular complexity index is 861. The molecule has 3 aliphatic rings. The van der Waals surface area contributed by atoms with Crippen LogP contribution >= 0.6 is 0 Å². The Hall–Kier alpha value is -2.19. The molecule has 2 saturated heterocycles. The van der Waals surface area contributed by atoms with Crippen LogP contribution in [-0.4, -0.2) is 78.6 Å². The highest BCUT2D eigenvalue weighted by Crippen LogP contribution is 2.33. The van der Waals surface area contributed by atoms with Crippen molar-refractivity contribution in [2.45, 2.75) is 56.5 Å². The van der Waals surface area contributed by atoms with Gasteiger partial charge in [-0.2, -0.15) is 13.2 Å². The van der Waals surface area contributed by atoms with Crippen molar-refractivity contribution in [3.8, 4) is 0 Å². The van der Waals surface area contributed by atoms with Crippen LogP contribution in [0.15, 0.2) is 47.0 Å². The summed E-state index contributed by atoms with van der Waals surface area (Å²) in [5.41, 5.74) is -0.275. The smallest absolute Gasteiger partial charge is 0.368 e. The minimum absolute atomic E-state index is 0.0193. The molecule has 0 radical (unpaired) electrons. The number of likely N-dealkylation sites (tertiary alicyclic amines) is 1. The molecule has 0 N–H and O–H groups in total. The van der Waals surface area contributed by atoms with Crippen LogP contribution in [0.4, 0.5) is 13.2 Å². The number of alkyl halides is 3. The number of piperidine rings is 1. The van der Waals surface area contributed by atoms with E-state index in [0.29, 0.717) is 25.1 Å². The van der Waals surface area contributed by atoms with Gasteiger partial charge in [-0.05, 0) is 44.7 Å². The number of amides is 1. The molecule has 1 spiro atoms. The summed E-state index contributed by atoms with van der Waals surface area (Å²) in [5, 5.41) is 0. The zero-order valence-corrected chi connectivity index (χ0v) is 18.4. The summed E-state index contributed by atoms with van der Waals surface area (Å²) in [5.74, 6) is 0.0454. The maximum atomic E-state index is 13.0. The average molecular weight is 450 g/mol. The first-order valence-corrected chi connectivity index (χ1v) is 11.3. The summed E-state index contributed by atoms with van der Waals surface area (Å²) in [7, 11) is 0. The third kappa shape index (κ3) is 5.41. The van der Waals surface area contributed by atoms with Crippen LogP contribution in [0.2, 0.25) is 0 Å². The van der Waals surface area contributed by atoms with Gasteiger partial charge in [-0.3, -0.25) is 9.79 Å². The van der Waals surface area contributed by atoms with Gasteiger partial charge in [0.15, 0.2) is 0 Å². The minimum Gasteiger partial charge on any atom is -0.368 e. The number of carbonyl (C=O) groups is 1. The molecule has 174 valence electrons. The molecular weight excluding hydrogens is 419 g/mol. The van der Waals surface area contributed by atoms with Crippen LogP contribution in [0.25, 0.3) is 0 Å². The highest BCUT2D eigenvalue weighted by Gasteiger charge is 2.43. The first kappa shape index (κ1) is 23.0. The number of halogens is 3. The fraction of sp³-hybridized carbons (Fsp3) is 0.583. The molecular formula is C24H30F3N3O2. The standard InChI is InChI=1S/C24H30F3N3O2/c1-18-16-30(22(31)19-5-3-2-4-6-19)17-23(32-18)10-13-29(14-11-23)12-9-21-8-7-20(15-28-21)24(25,26)27/h2-7,15,18,21H,8-14,16-17H2,1H3. The molecule has 1 aromatic carbocycles. The molecule has 5 nitrogen and oxygen atoms in total. The van der Waals surface area contributed by atoms with Gasteiger partial charge in [0.1, 0.15) is 0 Å². The molecule has 32 heavy (non-hydrogen) atoms. The van der Waals surface area contributed by atoms with E-state index in [1.165, 1.54) is 6.08 Å². The number of nitrogens with zero attached hydrogens (tertiary/aromatic N) is 3. The Morgan fingerprint density at radius 1 is 1.22 bits per heavy atom. The number of allylic oxidation sites excluding steroid dienone is 1. The lowest BCUT2D eigenvalue weighted by atomic mass is 9.88. The normalized spacial score (nSPS) is 26.2. The Balaban J connectivity index is 1.28. The van der Waals surface area contributed by atoms with Crippen molar-refractivity contribution in [2.24, 2.45) is 4.99 Å². The molecule has 3 aliphatic heterocycles. The summed E-state index contributed by atoms with van der Waals surface area (Å²) in [6.07, 6.45) is 0.621. The van der Waals surface area contributed by atoms with E-state index < -0.39 is 11.7 Å². The largest absolute Gasteiger partial charge is 0.417 e. The van der Waals surface area contributed by atoms with E-state index in [-0.39, 0.29) is 23.7 Å². The number of hydrogen-bond acceptors (Lipinski definition) is 4. The van der Waals surface area contributed by atoms with Gasteiger partial charge in [0.05, 0.1) is 29.9 Å². The average Bonchev–Trinajstić information content (AvgIpc) is 2.78. The van der Waals surface area contributed by atoms with Gasteiger partial charge in [-0.1, -0.05) is 24.3 Å². The second kappa shape index (κ2) is 9.35. The molecule has 3 heterocycles. The molecule has 2 unspecified atom stereocenters. The number of ether oxygens (including phenoxy) is 1. The minimum atomic E-state index is -4.32. The summed E-state index contributed by atoms with van der Waals surface area (Å²) in [6.45, 7) is 5.70. The molecule has 2 fully saturated rings. The molecule has 2 atom stereocenters. The SMILES string of the molecule is CC1CN(C(=O)c2ccccc2)CC2(CCN(CCC3CC=C(C(F)(F)F)C=N3)CC2)O1. The highest BCUT2D eigenvalue weighted by molar-refractivity contribution is 5.94. The van der Waals surface area contributed by atoms with E-state index in [9.17, 15) is 18.0 Å². The van der Waals surface area contributed by atoms with Crippen LogP contribution in [0.5, 0.6) is 0 Å². The molecule has 0 aliphatic carbocycles. The van der Waals surface area contributed by atoms with Gasteiger partial charge < -0.3 is 14.5 Å². The quantitative estimate of drug-likeness (QED) is 0.695. The Kier molecular flexibility index (Phi) is 6.72. The van der Waals surface area contributed by atoms with Crippen molar-refractivity contribution >= 4 is 12.1 Å². The molecule has 1 amide bonds. The topological polar surface area (TPSA) is 45.1 Å². The lowest BCUT2D eigenvalue weighted by molar-refractivity contribution is -0.161. The summed E-state index contributed by atoms with van der Waals surface area (Å²) < 4.78 is 44.5. The zero-order valence-electron chi connectivity index (χ0n) is 18.4. The van der Waals surface area contributed by atoms with Crippen molar-refractivity contribution in [3.63, 3.8) is 0 Å². The van der Waals surface area contributed by atoms with Crippen molar-refractivity contribution in [1.82, 2.24) is 9.80 Å². The molecule has 1 aromatic rings. The molecule has 4 rings (SSSR count). The number of carbonyl (C=O) groups excluding carboxylic acids is 1. The van der Waals surface area contributed by atoms with E-state index in [2.05, 4.69) is 9.89 Å². The maximum Gasteiger partial charge on any atom is 0.417 e. The van der Waals surface area contributed by atoms with E-state index in [1.54, 1.807) is 0 Å². The molecule has 0 saturated carbocycles. The predicted octanol–water partition coefficient (Wildman–Crippen LogP) is 4.10. The monoisotopic (exact) mass is 449 g/mol. The van der Waals surface area contributed by atoms with Gasteiger partial charge in [0, 0.05) is 38.0 Å². The van der Waals surface area contributed by atoms with Gasteiger partial charge in [-0.15, -0.1) is 0 Å². The fourth-order valence-corrected chi connectivity index (χ4v) is 4.88. The fourth-order valence-electron chi connectivity index (χ4n) is 4.88. The second-order valence-electron chi connectivity index (χ2n) is 9.12. The van der Waals surface area contributed by atoms with Crippen LogP contribution in [0.1, 0.15) is 43.0 Å². The highest BCUT2D eigenvalue weighted by atomic mass is 19.4. The number of hydrogen-bond donors (Lipinski definition) is 0. The van der Waals surface area contributed by atoms with E-state index in [1.807, 2.05) is 42.2 Å². The van der Waals surface area contributed by atoms with Gasteiger partial charge in [-0.25, -0.2) is 0 Å². The van der Waals surface area contributed by atoms with Crippen molar-refractivity contribution in [3.05, 3.63) is 47.5 Å². The summed E-state index contributed by atoms with van der Waals surface area (Å²) in [4.78, 5) is 21.3. The summed E-state index contributed by atoms with van der Waals surface area (Å²) >= 11 is 0. The molecule has 8 heteroatoms. The van der Waals surface area contributed by atoms with Crippen LogP contribution < -0.4 is 0 Å². The maximum absolute atomic E-state index is 13.0. The third-order valence-corrected chi connectivity index (χ3v) is 6.62. The molecule has 0 aromatic heterocycles. The predicted molar refractivity (Wildman–Crippen MR) is 117 cm³/mol. The van der Waals surface area contributed by atoms with E-state index in [0.717, 1.165) is 45.1 Å². The Labute approximate surface area is 186 Å². The van der Waals surface area contributed by atoms with Crippen LogP contribution in [-0.2, 0) is 4.74 Å². The number of dihydropyridines is 1. The second-order valence-corrected chi connectivity index (χ2v) is 9.12. The Morgan fingerprint density at radius 3 is 2.56 bits per heavy atom. The summed E-state index contributed by atoms with van der Waals surface area (Å²) in [6, 6.07) is 9.25. The van der Waals surface area contributed by atoms with Crippen molar-refractivity contribution < 1.29 is 22.7 Å². The van der Waals surface area contributed by atoms with E-state index >= 15 is 0 Å². The van der Waals surface area contributed by atoms with Crippen LogP contribution in [0.3, 0.4) is 0 Å². The van der Waals surface area contributed by atoms with Gasteiger partial charge >= 0.3 is 6.18 Å². The van der Waals surface area contributed by atoms with Crippen molar-refractivity contribution in [2.75, 3.05) is 32.7 Å². The van der Waals surface area contributed by atoms with Gasteiger partial charge in [0.25, 0.3) is 5.91 Å².